The number of benzene rings is 1. The lowest BCUT2D eigenvalue weighted by molar-refractivity contribution is 0.0481. The van der Waals surface area contributed by atoms with Crippen LogP contribution >= 0.6 is 15.9 Å². The average molecular weight is 352 g/mol. The van der Waals surface area contributed by atoms with Gasteiger partial charge in [-0.2, -0.15) is 0 Å². The van der Waals surface area contributed by atoms with E-state index in [9.17, 15) is 5.11 Å². The minimum atomic E-state index is -0.609. The highest BCUT2D eigenvalue weighted by molar-refractivity contribution is 9.10. The van der Waals surface area contributed by atoms with E-state index in [4.69, 9.17) is 4.74 Å². The van der Waals surface area contributed by atoms with E-state index < -0.39 is 5.60 Å². The van der Waals surface area contributed by atoms with Gasteiger partial charge in [0.25, 0.3) is 0 Å². The normalized spacial score (nSPS) is 32.2. The smallest absolute Gasteiger partial charge is 0.125 e. The maximum atomic E-state index is 11.1. The zero-order valence-electron chi connectivity index (χ0n) is 12.4. The number of ether oxygens (including phenoxy) is 1. The summed E-state index contributed by atoms with van der Waals surface area (Å²) in [5.74, 6) is 1.02. The van der Waals surface area contributed by atoms with Crippen LogP contribution in [0.3, 0.4) is 0 Å². The predicted molar refractivity (Wildman–Crippen MR) is 85.8 cm³/mol. The number of rotatable bonds is 3. The second-order valence-corrected chi connectivity index (χ2v) is 7.93. The zero-order chi connectivity index (χ0) is 14.6. The molecule has 3 aliphatic rings. The molecule has 2 unspecified atom stereocenters. The van der Waals surface area contributed by atoms with Gasteiger partial charge < -0.3 is 9.84 Å². The molecule has 0 aromatic heterocycles. The summed E-state index contributed by atoms with van der Waals surface area (Å²) in [6.07, 6.45) is 5.14. The van der Waals surface area contributed by atoms with Gasteiger partial charge in [-0.05, 0) is 49.4 Å². The first-order valence-electron chi connectivity index (χ1n) is 7.96. The topological polar surface area (TPSA) is 32.7 Å². The molecule has 2 atom stereocenters. The van der Waals surface area contributed by atoms with Crippen LogP contribution in [0.1, 0.15) is 37.3 Å². The lowest BCUT2D eigenvalue weighted by atomic mass is 9.91. The van der Waals surface area contributed by atoms with Crippen molar-refractivity contribution in [3.8, 4) is 5.75 Å². The van der Waals surface area contributed by atoms with E-state index in [-0.39, 0.29) is 0 Å². The molecule has 2 heterocycles. The molecule has 2 aliphatic heterocycles. The van der Waals surface area contributed by atoms with Crippen molar-refractivity contribution in [2.45, 2.75) is 56.7 Å². The van der Waals surface area contributed by atoms with Gasteiger partial charge in [0.2, 0.25) is 0 Å². The first-order chi connectivity index (χ1) is 10.0. The maximum absolute atomic E-state index is 11.1. The molecule has 4 heteroatoms. The molecule has 2 fully saturated rings. The van der Waals surface area contributed by atoms with E-state index in [0.717, 1.165) is 47.8 Å². The number of nitrogens with zero attached hydrogens (tertiary/aromatic N) is 1. The highest BCUT2D eigenvalue weighted by atomic mass is 79.9. The maximum Gasteiger partial charge on any atom is 0.125 e. The molecule has 21 heavy (non-hydrogen) atoms. The number of hydrogen-bond donors (Lipinski definition) is 1. The minimum Gasteiger partial charge on any atom is -0.493 e. The molecule has 0 amide bonds. The van der Waals surface area contributed by atoms with E-state index in [2.05, 4.69) is 39.9 Å². The molecule has 3 nitrogen and oxygen atoms in total. The van der Waals surface area contributed by atoms with Gasteiger partial charge in [0, 0.05) is 35.9 Å². The Morgan fingerprint density at radius 1 is 1.43 bits per heavy atom. The lowest BCUT2D eigenvalue weighted by Crippen LogP contribution is -2.36. The predicted octanol–water partition coefficient (Wildman–Crippen LogP) is 2.91. The van der Waals surface area contributed by atoms with Crippen LogP contribution in [0.4, 0.5) is 0 Å². The largest absolute Gasteiger partial charge is 0.493 e. The highest BCUT2D eigenvalue weighted by Crippen LogP contribution is 2.41. The molecule has 1 saturated heterocycles. The molecule has 1 aliphatic carbocycles. The standard InChI is InChI=1S/C17H22BrNO2/c1-11-8-17(20,10-19(11)15-2-3-15)9-13-7-14(18)6-12-4-5-21-16(12)13/h6-7,11,15,20H,2-5,8-10H2,1H3. The molecule has 1 saturated carbocycles. The van der Waals surface area contributed by atoms with Gasteiger partial charge >= 0.3 is 0 Å². The van der Waals surface area contributed by atoms with Gasteiger partial charge in [0.15, 0.2) is 0 Å². The SMILES string of the molecule is CC1CC(O)(Cc2cc(Br)cc3c2OCC3)CN1C1CC1. The fourth-order valence-corrected chi connectivity index (χ4v) is 4.64. The van der Waals surface area contributed by atoms with Crippen molar-refractivity contribution in [3.63, 3.8) is 0 Å². The molecule has 4 rings (SSSR count). The third-order valence-electron chi connectivity index (χ3n) is 5.08. The molecular formula is C17H22BrNO2. The summed E-state index contributed by atoms with van der Waals surface area (Å²) in [4.78, 5) is 2.50. The van der Waals surface area contributed by atoms with Crippen molar-refractivity contribution in [1.29, 1.82) is 0 Å². The average Bonchev–Trinajstić information content (AvgIpc) is 3.06. The van der Waals surface area contributed by atoms with Crippen LogP contribution in [0.5, 0.6) is 5.75 Å². The molecule has 1 aromatic carbocycles. The van der Waals surface area contributed by atoms with E-state index in [1.54, 1.807) is 0 Å². The summed E-state index contributed by atoms with van der Waals surface area (Å²) in [6.45, 7) is 3.82. The van der Waals surface area contributed by atoms with Gasteiger partial charge in [-0.25, -0.2) is 0 Å². The van der Waals surface area contributed by atoms with Crippen molar-refractivity contribution in [2.24, 2.45) is 0 Å². The van der Waals surface area contributed by atoms with Crippen molar-refractivity contribution in [2.75, 3.05) is 13.2 Å². The molecule has 0 spiro atoms. The van der Waals surface area contributed by atoms with E-state index in [1.807, 2.05) is 0 Å². The van der Waals surface area contributed by atoms with Gasteiger partial charge in [0.1, 0.15) is 5.75 Å². The van der Waals surface area contributed by atoms with Crippen LogP contribution in [-0.2, 0) is 12.8 Å². The zero-order valence-corrected chi connectivity index (χ0v) is 14.0. The Balaban J connectivity index is 1.58. The van der Waals surface area contributed by atoms with Crippen molar-refractivity contribution in [3.05, 3.63) is 27.7 Å². The van der Waals surface area contributed by atoms with Gasteiger partial charge in [-0.1, -0.05) is 15.9 Å². The van der Waals surface area contributed by atoms with Crippen LogP contribution in [0, 0.1) is 0 Å². The van der Waals surface area contributed by atoms with Gasteiger partial charge in [0.05, 0.1) is 12.2 Å². The van der Waals surface area contributed by atoms with E-state index in [0.29, 0.717) is 12.5 Å². The first-order valence-corrected chi connectivity index (χ1v) is 8.76. The third-order valence-corrected chi connectivity index (χ3v) is 5.54. The quantitative estimate of drug-likeness (QED) is 0.908. The molecule has 1 N–H and O–H groups in total. The Bertz CT molecular complexity index is 572. The minimum absolute atomic E-state index is 0.489. The lowest BCUT2D eigenvalue weighted by Gasteiger charge is -2.24. The van der Waals surface area contributed by atoms with Crippen LogP contribution in [0.25, 0.3) is 0 Å². The first kappa shape index (κ1) is 14.0. The Kier molecular flexibility index (Phi) is 3.32. The molecule has 0 radical (unpaired) electrons. The highest BCUT2D eigenvalue weighted by Gasteiger charge is 2.46. The monoisotopic (exact) mass is 351 g/mol. The second-order valence-electron chi connectivity index (χ2n) is 7.01. The summed E-state index contributed by atoms with van der Waals surface area (Å²) in [6, 6.07) is 5.47. The van der Waals surface area contributed by atoms with Crippen LogP contribution in [-0.4, -0.2) is 40.8 Å². The Morgan fingerprint density at radius 3 is 3.00 bits per heavy atom. The number of aliphatic hydroxyl groups is 1. The Labute approximate surface area is 134 Å². The fraction of sp³-hybridized carbons (Fsp3) is 0.647. The second kappa shape index (κ2) is 4.97. The Morgan fingerprint density at radius 2 is 2.24 bits per heavy atom. The molecule has 1 aromatic rings. The summed E-state index contributed by atoms with van der Waals surface area (Å²) in [5, 5.41) is 11.1. The molecule has 114 valence electrons. The Hall–Kier alpha value is -0.580. The van der Waals surface area contributed by atoms with Crippen LogP contribution in [0.2, 0.25) is 0 Å². The van der Waals surface area contributed by atoms with Crippen molar-refractivity contribution >= 4 is 15.9 Å². The van der Waals surface area contributed by atoms with Gasteiger partial charge in [-0.15, -0.1) is 0 Å². The van der Waals surface area contributed by atoms with E-state index >= 15 is 0 Å². The number of halogens is 1. The number of β-amino-alcohol motifs (C(OH)–C–C–N with tert-alkyl or cyclic N) is 1. The number of fused-ring (bicyclic) bond motifs is 1. The summed E-state index contributed by atoms with van der Waals surface area (Å²) in [5.41, 5.74) is 1.82. The van der Waals surface area contributed by atoms with Crippen molar-refractivity contribution < 1.29 is 9.84 Å². The molecule has 0 bridgehead atoms. The fourth-order valence-electron chi connectivity index (χ4n) is 4.08. The van der Waals surface area contributed by atoms with Gasteiger partial charge in [-0.3, -0.25) is 4.90 Å². The number of likely N-dealkylation sites (tertiary alicyclic amines) is 1. The summed E-state index contributed by atoms with van der Waals surface area (Å²) < 4.78 is 6.90. The summed E-state index contributed by atoms with van der Waals surface area (Å²) in [7, 11) is 0. The molecular weight excluding hydrogens is 330 g/mol. The van der Waals surface area contributed by atoms with Crippen LogP contribution in [0.15, 0.2) is 16.6 Å². The van der Waals surface area contributed by atoms with Crippen molar-refractivity contribution in [1.82, 2.24) is 4.90 Å². The number of hydrogen-bond acceptors (Lipinski definition) is 3. The van der Waals surface area contributed by atoms with Crippen LogP contribution < -0.4 is 4.74 Å². The third kappa shape index (κ3) is 2.62. The summed E-state index contributed by atoms with van der Waals surface area (Å²) >= 11 is 3.59. The van der Waals surface area contributed by atoms with E-state index in [1.165, 1.54) is 18.4 Å².